The zero-order valence-corrected chi connectivity index (χ0v) is 14.5. The van der Waals surface area contributed by atoms with E-state index in [0.29, 0.717) is 12.3 Å². The smallest absolute Gasteiger partial charge is 0.410 e. The van der Waals surface area contributed by atoms with Gasteiger partial charge in [0.1, 0.15) is 11.4 Å². The van der Waals surface area contributed by atoms with Gasteiger partial charge in [-0.3, -0.25) is 0 Å². The van der Waals surface area contributed by atoms with E-state index in [1.165, 1.54) is 18.7 Å². The molecule has 0 saturated heterocycles. The Morgan fingerprint density at radius 2 is 1.61 bits per heavy atom. The second-order valence-electron chi connectivity index (χ2n) is 6.90. The van der Waals surface area contributed by atoms with Crippen molar-refractivity contribution in [1.82, 2.24) is 4.90 Å². The minimum absolute atomic E-state index is 0.386. The van der Waals surface area contributed by atoms with Crippen molar-refractivity contribution in [3.63, 3.8) is 0 Å². The Hall–Kier alpha value is -2.24. The number of carbonyl (C=O) groups excluding carboxylic acids is 1. The first-order valence-corrected chi connectivity index (χ1v) is 7.36. The van der Waals surface area contributed by atoms with Gasteiger partial charge in [0, 0.05) is 13.6 Å². The van der Waals surface area contributed by atoms with Crippen LogP contribution in [0, 0.1) is 0 Å². The van der Waals surface area contributed by atoms with Gasteiger partial charge in [0.15, 0.2) is 5.60 Å². The number of carboxylic acid groups (broad SMARTS) is 1. The van der Waals surface area contributed by atoms with Crippen LogP contribution in [0.25, 0.3) is 0 Å². The third-order valence-corrected chi connectivity index (χ3v) is 2.94. The van der Waals surface area contributed by atoms with Crippen LogP contribution in [0.15, 0.2) is 24.3 Å². The molecule has 0 saturated carbocycles. The molecule has 1 amide bonds. The Bertz CT molecular complexity index is 557. The van der Waals surface area contributed by atoms with Crippen LogP contribution in [-0.4, -0.2) is 40.3 Å². The van der Waals surface area contributed by atoms with Gasteiger partial charge in [0.25, 0.3) is 0 Å². The zero-order chi connectivity index (χ0) is 17.8. The van der Waals surface area contributed by atoms with Gasteiger partial charge in [-0.05, 0) is 52.3 Å². The molecule has 6 nitrogen and oxygen atoms in total. The molecule has 1 aromatic carbocycles. The van der Waals surface area contributed by atoms with E-state index in [-0.39, 0.29) is 0 Å². The monoisotopic (exact) mass is 323 g/mol. The maximum absolute atomic E-state index is 11.9. The van der Waals surface area contributed by atoms with Crippen molar-refractivity contribution in [2.45, 2.75) is 52.4 Å². The number of hydrogen-bond donors (Lipinski definition) is 1. The van der Waals surface area contributed by atoms with Crippen LogP contribution in [0.1, 0.15) is 40.2 Å². The Kier molecular flexibility index (Phi) is 5.64. The maximum atomic E-state index is 11.9. The average molecular weight is 323 g/mol. The largest absolute Gasteiger partial charge is 0.478 e. The van der Waals surface area contributed by atoms with E-state index < -0.39 is 23.3 Å². The number of hydrogen-bond acceptors (Lipinski definition) is 4. The molecule has 0 spiro atoms. The Labute approximate surface area is 137 Å². The third kappa shape index (κ3) is 6.18. The molecular formula is C17H25NO5. The van der Waals surface area contributed by atoms with E-state index in [1.54, 1.807) is 31.3 Å². The van der Waals surface area contributed by atoms with Crippen molar-refractivity contribution in [2.75, 3.05) is 7.05 Å². The van der Waals surface area contributed by atoms with Crippen molar-refractivity contribution in [2.24, 2.45) is 0 Å². The zero-order valence-electron chi connectivity index (χ0n) is 14.5. The van der Waals surface area contributed by atoms with Crippen LogP contribution >= 0.6 is 0 Å². The minimum atomic E-state index is -1.30. The maximum Gasteiger partial charge on any atom is 0.410 e. The number of aliphatic carboxylic acids is 1. The van der Waals surface area contributed by atoms with Gasteiger partial charge in [-0.25, -0.2) is 9.59 Å². The summed E-state index contributed by atoms with van der Waals surface area (Å²) in [7, 11) is 1.66. The summed E-state index contributed by atoms with van der Waals surface area (Å²) in [4.78, 5) is 24.4. The number of nitrogens with zero attached hydrogens (tertiary/aromatic N) is 1. The highest BCUT2D eigenvalue weighted by Gasteiger charge is 2.29. The summed E-state index contributed by atoms with van der Waals surface area (Å²) in [6, 6.07) is 6.94. The van der Waals surface area contributed by atoms with Crippen LogP contribution in [0.4, 0.5) is 4.79 Å². The number of amides is 1. The fourth-order valence-electron chi connectivity index (χ4n) is 1.68. The first-order chi connectivity index (χ1) is 10.4. The van der Waals surface area contributed by atoms with Gasteiger partial charge in [0.05, 0.1) is 0 Å². The van der Waals surface area contributed by atoms with Gasteiger partial charge in [-0.1, -0.05) is 12.1 Å². The SMILES string of the molecule is CN(Cc1ccc(OC(C)(C)C(=O)O)cc1)C(=O)OC(C)(C)C. The standard InChI is InChI=1S/C17H25NO5/c1-16(2,3)23-15(21)18(6)11-12-7-9-13(10-8-12)22-17(4,5)14(19)20/h7-10H,11H2,1-6H3,(H,19,20). The Balaban J connectivity index is 2.67. The molecule has 6 heteroatoms. The van der Waals surface area contributed by atoms with Crippen LogP contribution in [0.3, 0.4) is 0 Å². The molecule has 0 fully saturated rings. The van der Waals surface area contributed by atoms with E-state index >= 15 is 0 Å². The molecule has 1 aromatic rings. The molecule has 0 atom stereocenters. The summed E-state index contributed by atoms with van der Waals surface area (Å²) >= 11 is 0. The number of rotatable bonds is 5. The molecule has 0 aliphatic rings. The fourth-order valence-corrected chi connectivity index (χ4v) is 1.68. The van der Waals surface area contributed by atoms with Crippen molar-refractivity contribution in [3.8, 4) is 5.75 Å². The molecule has 1 rings (SSSR count). The van der Waals surface area contributed by atoms with Crippen molar-refractivity contribution in [3.05, 3.63) is 29.8 Å². The highest BCUT2D eigenvalue weighted by atomic mass is 16.6. The minimum Gasteiger partial charge on any atom is -0.478 e. The summed E-state index contributed by atoms with van der Waals surface area (Å²) in [5.74, 6) is -0.577. The molecule has 23 heavy (non-hydrogen) atoms. The van der Waals surface area contributed by atoms with E-state index in [9.17, 15) is 9.59 Å². The van der Waals surface area contributed by atoms with Gasteiger partial charge in [-0.15, -0.1) is 0 Å². The highest BCUT2D eigenvalue weighted by Crippen LogP contribution is 2.20. The lowest BCUT2D eigenvalue weighted by Crippen LogP contribution is -2.37. The third-order valence-electron chi connectivity index (χ3n) is 2.94. The fraction of sp³-hybridized carbons (Fsp3) is 0.529. The lowest BCUT2D eigenvalue weighted by atomic mass is 10.1. The summed E-state index contributed by atoms with van der Waals surface area (Å²) < 4.78 is 10.7. The van der Waals surface area contributed by atoms with Crippen molar-refractivity contribution in [1.29, 1.82) is 0 Å². The molecular weight excluding hydrogens is 298 g/mol. The van der Waals surface area contributed by atoms with E-state index in [0.717, 1.165) is 5.56 Å². The average Bonchev–Trinajstić information content (AvgIpc) is 2.38. The second kappa shape index (κ2) is 6.89. The highest BCUT2D eigenvalue weighted by molar-refractivity contribution is 5.76. The number of benzene rings is 1. The normalized spacial score (nSPS) is 11.7. The van der Waals surface area contributed by atoms with E-state index in [1.807, 2.05) is 20.8 Å². The first-order valence-electron chi connectivity index (χ1n) is 7.36. The van der Waals surface area contributed by atoms with Gasteiger partial charge < -0.3 is 19.5 Å². The van der Waals surface area contributed by atoms with Gasteiger partial charge >= 0.3 is 12.1 Å². The summed E-state index contributed by atoms with van der Waals surface area (Å²) in [5, 5.41) is 9.05. The molecule has 0 bridgehead atoms. The summed E-state index contributed by atoms with van der Waals surface area (Å²) in [6.45, 7) is 8.80. The molecule has 0 radical (unpaired) electrons. The van der Waals surface area contributed by atoms with Crippen molar-refractivity contribution < 1.29 is 24.2 Å². The molecule has 0 aliphatic carbocycles. The van der Waals surface area contributed by atoms with E-state index in [4.69, 9.17) is 14.6 Å². The number of ether oxygens (including phenoxy) is 2. The molecule has 0 heterocycles. The van der Waals surface area contributed by atoms with Gasteiger partial charge in [-0.2, -0.15) is 0 Å². The molecule has 0 unspecified atom stereocenters. The topological polar surface area (TPSA) is 76.1 Å². The predicted octanol–water partition coefficient (Wildman–Crippen LogP) is 3.30. The first kappa shape index (κ1) is 18.8. The molecule has 0 aromatic heterocycles. The van der Waals surface area contributed by atoms with Crippen LogP contribution < -0.4 is 4.74 Å². The Morgan fingerprint density at radius 1 is 1.09 bits per heavy atom. The van der Waals surface area contributed by atoms with E-state index in [2.05, 4.69) is 0 Å². The van der Waals surface area contributed by atoms with Crippen molar-refractivity contribution >= 4 is 12.1 Å². The second-order valence-corrected chi connectivity index (χ2v) is 6.90. The van der Waals surface area contributed by atoms with Crippen LogP contribution in [-0.2, 0) is 16.1 Å². The predicted molar refractivity (Wildman–Crippen MR) is 86.5 cm³/mol. The Morgan fingerprint density at radius 3 is 2.04 bits per heavy atom. The summed E-state index contributed by atoms with van der Waals surface area (Å²) in [6.07, 6.45) is -0.398. The lowest BCUT2D eigenvalue weighted by Gasteiger charge is -2.25. The number of carboxylic acids is 1. The lowest BCUT2D eigenvalue weighted by molar-refractivity contribution is -0.152. The quantitative estimate of drug-likeness (QED) is 0.900. The van der Waals surface area contributed by atoms with Crippen LogP contribution in [0.2, 0.25) is 0 Å². The summed E-state index contributed by atoms with van der Waals surface area (Å²) in [5.41, 5.74) is -0.945. The molecule has 128 valence electrons. The number of carbonyl (C=O) groups is 2. The molecule has 0 aliphatic heterocycles. The molecule has 1 N–H and O–H groups in total. The van der Waals surface area contributed by atoms with Crippen LogP contribution in [0.5, 0.6) is 5.75 Å². The van der Waals surface area contributed by atoms with Gasteiger partial charge in [0.2, 0.25) is 0 Å².